The summed E-state index contributed by atoms with van der Waals surface area (Å²) in [6, 6.07) is 6.94. The predicted molar refractivity (Wildman–Crippen MR) is 71.7 cm³/mol. The largest absolute Gasteiger partial charge is 0.492 e. The number of ether oxygens (including phenoxy) is 1. The number of rotatable bonds is 5. The molecule has 0 unspecified atom stereocenters. The van der Waals surface area contributed by atoms with E-state index in [1.807, 2.05) is 0 Å². The number of carbonyl (C=O) groups is 3. The summed E-state index contributed by atoms with van der Waals surface area (Å²) in [5, 5.41) is 0.512. The predicted octanol–water partition coefficient (Wildman–Crippen LogP) is 1.04. The summed E-state index contributed by atoms with van der Waals surface area (Å²) < 4.78 is 5.39. The number of imide groups is 1. The van der Waals surface area contributed by atoms with Gasteiger partial charge in [-0.3, -0.25) is 9.59 Å². The number of carbonyl (C=O) groups excluding carboxylic acids is 3. The Balaban J connectivity index is 1.81. The number of terminal acetylenes is 1. The Morgan fingerprint density at radius 2 is 1.90 bits per heavy atom. The molecule has 6 nitrogen and oxygen atoms in total. The van der Waals surface area contributed by atoms with Crippen LogP contribution in [0.2, 0.25) is 0 Å². The van der Waals surface area contributed by atoms with Crippen molar-refractivity contribution in [2.75, 3.05) is 6.61 Å². The van der Waals surface area contributed by atoms with Gasteiger partial charge in [-0.25, -0.2) is 4.79 Å². The number of benzene rings is 1. The zero-order chi connectivity index (χ0) is 15.2. The van der Waals surface area contributed by atoms with E-state index in [0.717, 1.165) is 0 Å². The number of para-hydroxylation sites is 1. The summed E-state index contributed by atoms with van der Waals surface area (Å²) in [5.41, 5.74) is 0.579. The minimum Gasteiger partial charge on any atom is -0.492 e. The van der Waals surface area contributed by atoms with E-state index in [-0.39, 0.29) is 25.9 Å². The average molecular weight is 287 g/mol. The van der Waals surface area contributed by atoms with Crippen LogP contribution in [0.5, 0.6) is 5.75 Å². The van der Waals surface area contributed by atoms with Crippen LogP contribution in [0.3, 0.4) is 0 Å². The van der Waals surface area contributed by atoms with Crippen LogP contribution < -0.4 is 4.74 Å². The molecule has 1 heterocycles. The molecule has 1 fully saturated rings. The highest BCUT2D eigenvalue weighted by molar-refractivity contribution is 6.01. The van der Waals surface area contributed by atoms with Crippen molar-refractivity contribution in [3.8, 4) is 18.1 Å². The van der Waals surface area contributed by atoms with E-state index >= 15 is 0 Å². The second-order valence-corrected chi connectivity index (χ2v) is 4.28. The van der Waals surface area contributed by atoms with Crippen LogP contribution in [0.4, 0.5) is 0 Å². The van der Waals surface area contributed by atoms with Crippen LogP contribution in [0, 0.1) is 12.3 Å². The lowest BCUT2D eigenvalue weighted by molar-refractivity contribution is -0.197. The van der Waals surface area contributed by atoms with Crippen LogP contribution in [0.25, 0.3) is 0 Å². The van der Waals surface area contributed by atoms with Crippen LogP contribution in [-0.4, -0.2) is 29.5 Å². The van der Waals surface area contributed by atoms with Gasteiger partial charge >= 0.3 is 5.97 Å². The van der Waals surface area contributed by atoms with Gasteiger partial charge in [-0.05, 0) is 12.1 Å². The molecule has 1 aliphatic rings. The first-order valence-corrected chi connectivity index (χ1v) is 6.37. The Labute approximate surface area is 121 Å². The maximum Gasteiger partial charge on any atom is 0.336 e. The van der Waals surface area contributed by atoms with E-state index in [4.69, 9.17) is 16.0 Å². The van der Waals surface area contributed by atoms with Crippen molar-refractivity contribution in [1.29, 1.82) is 0 Å². The third-order valence-electron chi connectivity index (χ3n) is 2.81. The summed E-state index contributed by atoms with van der Waals surface area (Å²) in [5.74, 6) is 1.23. The lowest BCUT2D eigenvalue weighted by atomic mass is 10.2. The highest BCUT2D eigenvalue weighted by Gasteiger charge is 2.32. The van der Waals surface area contributed by atoms with Crippen molar-refractivity contribution in [2.45, 2.75) is 19.3 Å². The Hall–Kier alpha value is -2.81. The number of hydrogen-bond donors (Lipinski definition) is 0. The number of hydroxylamine groups is 2. The molecule has 0 aliphatic carbocycles. The first-order chi connectivity index (χ1) is 10.1. The van der Waals surface area contributed by atoms with E-state index in [2.05, 4.69) is 5.92 Å². The maximum atomic E-state index is 11.5. The Morgan fingerprint density at radius 1 is 1.24 bits per heavy atom. The molecule has 0 saturated carbocycles. The fraction of sp³-hybridized carbons (Fsp3) is 0.267. The van der Waals surface area contributed by atoms with Crippen LogP contribution in [0.15, 0.2) is 24.3 Å². The van der Waals surface area contributed by atoms with E-state index in [1.54, 1.807) is 24.3 Å². The molecule has 2 rings (SSSR count). The molecule has 108 valence electrons. The van der Waals surface area contributed by atoms with Crippen molar-refractivity contribution in [1.82, 2.24) is 5.06 Å². The summed E-state index contributed by atoms with van der Waals surface area (Å²) in [7, 11) is 0. The highest BCUT2D eigenvalue weighted by Crippen LogP contribution is 2.17. The monoisotopic (exact) mass is 287 g/mol. The van der Waals surface area contributed by atoms with E-state index in [0.29, 0.717) is 16.4 Å². The van der Waals surface area contributed by atoms with Crippen molar-refractivity contribution in [3.05, 3.63) is 29.8 Å². The number of nitrogens with zero attached hydrogens (tertiary/aromatic N) is 1. The summed E-state index contributed by atoms with van der Waals surface area (Å²) >= 11 is 0. The van der Waals surface area contributed by atoms with Gasteiger partial charge in [0.25, 0.3) is 11.8 Å². The number of hydrogen-bond acceptors (Lipinski definition) is 5. The van der Waals surface area contributed by atoms with Gasteiger partial charge in [-0.1, -0.05) is 18.1 Å². The molecule has 0 radical (unpaired) electrons. The van der Waals surface area contributed by atoms with Gasteiger partial charge in [0.15, 0.2) is 0 Å². The molecule has 0 bridgehead atoms. The van der Waals surface area contributed by atoms with E-state index < -0.39 is 17.8 Å². The third-order valence-corrected chi connectivity index (χ3v) is 2.81. The quantitative estimate of drug-likeness (QED) is 0.597. The lowest BCUT2D eigenvalue weighted by Crippen LogP contribution is -2.32. The average Bonchev–Trinajstić information content (AvgIpc) is 2.79. The Morgan fingerprint density at radius 3 is 2.57 bits per heavy atom. The molecule has 1 aromatic rings. The molecule has 0 N–H and O–H groups in total. The van der Waals surface area contributed by atoms with Gasteiger partial charge in [0.2, 0.25) is 0 Å². The van der Waals surface area contributed by atoms with Gasteiger partial charge < -0.3 is 9.57 Å². The second kappa shape index (κ2) is 6.57. The van der Waals surface area contributed by atoms with E-state index in [9.17, 15) is 14.4 Å². The van der Waals surface area contributed by atoms with Gasteiger partial charge in [-0.2, -0.15) is 0 Å². The van der Waals surface area contributed by atoms with Crippen molar-refractivity contribution < 1.29 is 24.0 Å². The Bertz CT molecular complexity index is 601. The minimum atomic E-state index is -0.711. The SMILES string of the molecule is C#Cc1ccccc1OCCC(=O)ON1C(=O)CCC1=O. The standard InChI is InChI=1S/C15H13NO5/c1-2-11-5-3-4-6-12(11)20-10-9-15(19)21-16-13(17)7-8-14(16)18/h1,3-6H,7-10H2. The van der Waals surface area contributed by atoms with Gasteiger partial charge in [0, 0.05) is 12.8 Å². The van der Waals surface area contributed by atoms with Gasteiger partial charge in [0.05, 0.1) is 18.6 Å². The molecule has 6 heteroatoms. The smallest absolute Gasteiger partial charge is 0.336 e. The maximum absolute atomic E-state index is 11.5. The zero-order valence-corrected chi connectivity index (χ0v) is 11.2. The molecule has 0 spiro atoms. The summed E-state index contributed by atoms with van der Waals surface area (Å²) in [4.78, 5) is 38.8. The Kier molecular flexibility index (Phi) is 4.57. The van der Waals surface area contributed by atoms with E-state index in [1.165, 1.54) is 0 Å². The normalized spacial score (nSPS) is 14.0. The molecule has 0 atom stereocenters. The molecule has 0 aromatic heterocycles. The van der Waals surface area contributed by atoms with Gasteiger partial charge in [0.1, 0.15) is 5.75 Å². The highest BCUT2D eigenvalue weighted by atomic mass is 16.7. The molecular weight excluding hydrogens is 274 g/mol. The summed E-state index contributed by atoms with van der Waals surface area (Å²) in [6.07, 6.45) is 5.35. The van der Waals surface area contributed by atoms with Gasteiger partial charge in [-0.15, -0.1) is 11.5 Å². The van der Waals surface area contributed by atoms with Crippen molar-refractivity contribution in [3.63, 3.8) is 0 Å². The first-order valence-electron chi connectivity index (χ1n) is 6.37. The second-order valence-electron chi connectivity index (χ2n) is 4.28. The molecule has 2 amide bonds. The molecule has 1 saturated heterocycles. The molecule has 1 aromatic carbocycles. The van der Waals surface area contributed by atoms with Crippen LogP contribution in [-0.2, 0) is 19.2 Å². The third kappa shape index (κ3) is 3.60. The van der Waals surface area contributed by atoms with Crippen molar-refractivity contribution in [2.24, 2.45) is 0 Å². The topological polar surface area (TPSA) is 72.9 Å². The molecule has 21 heavy (non-hydrogen) atoms. The molecular formula is C15H13NO5. The van der Waals surface area contributed by atoms with Crippen LogP contribution in [0.1, 0.15) is 24.8 Å². The first kappa shape index (κ1) is 14.6. The summed E-state index contributed by atoms with van der Waals surface area (Å²) in [6.45, 7) is 0.0355. The molecule has 1 aliphatic heterocycles. The minimum absolute atomic E-state index is 0.0355. The fourth-order valence-corrected chi connectivity index (χ4v) is 1.76. The van der Waals surface area contributed by atoms with Crippen molar-refractivity contribution >= 4 is 17.8 Å². The lowest BCUT2D eigenvalue weighted by Gasteiger charge is -2.13. The number of amides is 2. The zero-order valence-electron chi connectivity index (χ0n) is 11.2. The van der Waals surface area contributed by atoms with Crippen LogP contribution >= 0.6 is 0 Å². The fourth-order valence-electron chi connectivity index (χ4n) is 1.76.